The zero-order valence-electron chi connectivity index (χ0n) is 21.4. The Morgan fingerprint density at radius 1 is 1.08 bits per heavy atom. The summed E-state index contributed by atoms with van der Waals surface area (Å²) in [7, 11) is 0. The molecule has 3 aromatic carbocycles. The molecular formula is C31H30ClFN2O4. The molecule has 5 rings (SSSR count). The number of likely N-dealkylation sites (tertiary alicyclic amines) is 1. The normalized spacial score (nSPS) is 18.5. The van der Waals surface area contributed by atoms with Crippen LogP contribution in [0.4, 0.5) is 4.39 Å². The molecule has 0 aromatic heterocycles. The van der Waals surface area contributed by atoms with E-state index >= 15 is 0 Å². The number of nitrogens with zero attached hydrogens (tertiary/aromatic N) is 1. The number of amides is 2. The highest BCUT2D eigenvalue weighted by atomic mass is 35.5. The molecule has 2 aliphatic heterocycles. The molecule has 202 valence electrons. The number of carbonyl (C=O) groups excluding carboxylic acids is 2. The highest BCUT2D eigenvalue weighted by Gasteiger charge is 2.43. The summed E-state index contributed by atoms with van der Waals surface area (Å²) < 4.78 is 19.7. The number of hydrogen-bond donors (Lipinski definition) is 2. The molecule has 2 amide bonds. The molecule has 2 heterocycles. The van der Waals surface area contributed by atoms with Crippen LogP contribution in [0.5, 0.6) is 5.75 Å². The molecule has 0 bridgehead atoms. The zero-order valence-corrected chi connectivity index (χ0v) is 22.2. The number of halogens is 2. The van der Waals surface area contributed by atoms with Gasteiger partial charge in [-0.15, -0.1) is 0 Å². The fourth-order valence-corrected chi connectivity index (χ4v) is 5.59. The average Bonchev–Trinajstić information content (AvgIpc) is 3.30. The number of nitrogens with one attached hydrogen (secondary N) is 1. The Kier molecular flexibility index (Phi) is 8.00. The molecule has 1 atom stereocenters. The summed E-state index contributed by atoms with van der Waals surface area (Å²) in [5.41, 5.74) is 2.73. The summed E-state index contributed by atoms with van der Waals surface area (Å²) in [5.74, 6) is -0.465. The lowest BCUT2D eigenvalue weighted by molar-refractivity contribution is -0.117. The van der Waals surface area contributed by atoms with Crippen molar-refractivity contribution in [1.82, 2.24) is 10.2 Å². The zero-order chi connectivity index (χ0) is 27.4. The van der Waals surface area contributed by atoms with Crippen molar-refractivity contribution < 1.29 is 23.8 Å². The molecule has 39 heavy (non-hydrogen) atoms. The van der Waals surface area contributed by atoms with Gasteiger partial charge in [0.15, 0.2) is 0 Å². The summed E-state index contributed by atoms with van der Waals surface area (Å²) >= 11 is 6.10. The van der Waals surface area contributed by atoms with Crippen molar-refractivity contribution in [3.8, 4) is 5.75 Å². The predicted octanol–water partition coefficient (Wildman–Crippen LogP) is 5.37. The van der Waals surface area contributed by atoms with E-state index in [-0.39, 0.29) is 35.0 Å². The number of phenols is 1. The van der Waals surface area contributed by atoms with E-state index in [9.17, 15) is 19.1 Å². The van der Waals surface area contributed by atoms with Gasteiger partial charge in [-0.1, -0.05) is 35.9 Å². The van der Waals surface area contributed by atoms with Gasteiger partial charge < -0.3 is 20.1 Å². The number of ether oxygens (including phenoxy) is 1. The topological polar surface area (TPSA) is 78.9 Å². The third-order valence-corrected chi connectivity index (χ3v) is 7.71. The van der Waals surface area contributed by atoms with E-state index in [2.05, 4.69) is 5.32 Å². The second kappa shape index (κ2) is 11.6. The minimum atomic E-state index is -0.349. The smallest absolute Gasteiger partial charge is 0.253 e. The molecule has 1 unspecified atom stereocenters. The lowest BCUT2D eigenvalue weighted by Gasteiger charge is -2.38. The molecule has 2 aliphatic rings. The maximum atomic E-state index is 13.5. The molecule has 6 nitrogen and oxygen atoms in total. The summed E-state index contributed by atoms with van der Waals surface area (Å²) in [4.78, 5) is 27.6. The van der Waals surface area contributed by atoms with E-state index < -0.39 is 0 Å². The lowest BCUT2D eigenvalue weighted by Crippen LogP contribution is -2.47. The number of rotatable bonds is 6. The van der Waals surface area contributed by atoms with E-state index in [1.807, 2.05) is 35.2 Å². The van der Waals surface area contributed by atoms with Gasteiger partial charge >= 0.3 is 0 Å². The minimum Gasteiger partial charge on any atom is -0.508 e. The Labute approximate surface area is 232 Å². The van der Waals surface area contributed by atoms with Crippen molar-refractivity contribution in [2.24, 2.45) is 0 Å². The first-order chi connectivity index (χ1) is 18.8. The van der Waals surface area contributed by atoms with Crippen molar-refractivity contribution in [2.45, 2.75) is 37.3 Å². The molecule has 2 fully saturated rings. The van der Waals surface area contributed by atoms with Crippen LogP contribution >= 0.6 is 11.6 Å². The maximum Gasteiger partial charge on any atom is 0.253 e. The van der Waals surface area contributed by atoms with Crippen LogP contribution in [0.1, 0.15) is 46.3 Å². The molecule has 2 saturated heterocycles. The Bertz CT molecular complexity index is 1400. The Morgan fingerprint density at radius 2 is 1.82 bits per heavy atom. The van der Waals surface area contributed by atoms with E-state index in [1.54, 1.807) is 18.2 Å². The molecule has 8 heteroatoms. The van der Waals surface area contributed by atoms with Crippen LogP contribution in [0.2, 0.25) is 5.02 Å². The summed E-state index contributed by atoms with van der Waals surface area (Å²) in [5, 5.41) is 12.8. The SMILES string of the molecule is O=C(/C=C/c1ccc(O)cc1Cl)NC1COC2(CCN(C(=O)c3cccc(Cc4cccc(F)c4)c3)CC2)C1. The lowest BCUT2D eigenvalue weighted by atomic mass is 9.87. The number of piperidine rings is 1. The van der Waals surface area contributed by atoms with Crippen molar-refractivity contribution >= 4 is 29.5 Å². The highest BCUT2D eigenvalue weighted by molar-refractivity contribution is 6.32. The summed E-state index contributed by atoms with van der Waals surface area (Å²) in [6.07, 6.45) is 5.69. The number of benzene rings is 3. The van der Waals surface area contributed by atoms with Crippen LogP contribution in [-0.4, -0.2) is 53.2 Å². The van der Waals surface area contributed by atoms with Gasteiger partial charge in [-0.25, -0.2) is 4.39 Å². The van der Waals surface area contributed by atoms with Gasteiger partial charge in [-0.2, -0.15) is 0 Å². The largest absolute Gasteiger partial charge is 0.508 e. The Balaban J connectivity index is 1.13. The maximum absolute atomic E-state index is 13.5. The standard InChI is InChI=1S/C31H30ClFN2O4/c32-28-18-27(36)9-7-23(28)8-10-29(37)34-26-19-31(39-20-26)11-13-35(14-12-31)30(38)24-5-1-3-21(16-24)15-22-4-2-6-25(33)17-22/h1-10,16-18,26,36H,11-15,19-20H2,(H,34,37)/b10-8+. The van der Waals surface area contributed by atoms with Gasteiger partial charge in [0.25, 0.3) is 5.91 Å². The van der Waals surface area contributed by atoms with Crippen molar-refractivity contribution in [2.75, 3.05) is 19.7 Å². The summed E-state index contributed by atoms with van der Waals surface area (Å²) in [6, 6.07) is 18.5. The molecule has 2 N–H and O–H groups in total. The van der Waals surface area contributed by atoms with E-state index in [4.69, 9.17) is 16.3 Å². The van der Waals surface area contributed by atoms with Gasteiger partial charge in [0.2, 0.25) is 5.91 Å². The summed E-state index contributed by atoms with van der Waals surface area (Å²) in [6.45, 7) is 1.58. The van der Waals surface area contributed by atoms with Crippen LogP contribution in [0.3, 0.4) is 0 Å². The fraction of sp³-hybridized carbons (Fsp3) is 0.290. The first-order valence-electron chi connectivity index (χ1n) is 13.0. The van der Waals surface area contributed by atoms with Gasteiger partial charge in [0.05, 0.1) is 23.3 Å². The van der Waals surface area contributed by atoms with Crippen LogP contribution in [0.25, 0.3) is 6.08 Å². The Morgan fingerprint density at radius 3 is 2.56 bits per heavy atom. The number of carbonyl (C=O) groups is 2. The highest BCUT2D eigenvalue weighted by Crippen LogP contribution is 2.36. The van der Waals surface area contributed by atoms with E-state index in [1.165, 1.54) is 30.3 Å². The molecule has 0 saturated carbocycles. The minimum absolute atomic E-state index is 0.0215. The molecule has 1 spiro atoms. The third-order valence-electron chi connectivity index (χ3n) is 7.39. The van der Waals surface area contributed by atoms with Gasteiger partial charge in [0.1, 0.15) is 11.6 Å². The number of aromatic hydroxyl groups is 1. The quantitative estimate of drug-likeness (QED) is 0.406. The first kappa shape index (κ1) is 26.9. The van der Waals surface area contributed by atoms with Crippen molar-refractivity contribution in [3.63, 3.8) is 0 Å². The van der Waals surface area contributed by atoms with Crippen LogP contribution in [0, 0.1) is 5.82 Å². The average molecular weight is 549 g/mol. The van der Waals surface area contributed by atoms with Crippen LogP contribution in [0.15, 0.2) is 72.8 Å². The predicted molar refractivity (Wildman–Crippen MR) is 148 cm³/mol. The van der Waals surface area contributed by atoms with Gasteiger partial charge in [0, 0.05) is 24.7 Å². The van der Waals surface area contributed by atoms with Crippen molar-refractivity contribution in [1.29, 1.82) is 0 Å². The second-order valence-corrected chi connectivity index (χ2v) is 10.6. The van der Waals surface area contributed by atoms with Crippen LogP contribution in [-0.2, 0) is 16.0 Å². The second-order valence-electron chi connectivity index (χ2n) is 10.2. The monoisotopic (exact) mass is 548 g/mol. The van der Waals surface area contributed by atoms with Gasteiger partial charge in [-0.3, -0.25) is 9.59 Å². The molecule has 3 aromatic rings. The molecular weight excluding hydrogens is 519 g/mol. The fourth-order valence-electron chi connectivity index (χ4n) is 5.35. The number of hydrogen-bond acceptors (Lipinski definition) is 4. The van der Waals surface area contributed by atoms with Gasteiger partial charge in [-0.05, 0) is 90.9 Å². The third kappa shape index (κ3) is 6.67. The molecule has 0 radical (unpaired) electrons. The van der Waals surface area contributed by atoms with E-state index in [0.29, 0.717) is 61.5 Å². The Hall–Kier alpha value is -3.68. The van der Waals surface area contributed by atoms with Crippen molar-refractivity contribution in [3.05, 3.63) is 106 Å². The molecule has 0 aliphatic carbocycles. The first-order valence-corrected chi connectivity index (χ1v) is 13.4. The van der Waals surface area contributed by atoms with Crippen LogP contribution < -0.4 is 5.32 Å². The van der Waals surface area contributed by atoms with E-state index in [0.717, 1.165) is 11.1 Å². The number of phenolic OH excluding ortho intramolecular Hbond substituents is 1.